The van der Waals surface area contributed by atoms with Crippen molar-refractivity contribution in [1.29, 1.82) is 5.26 Å². The van der Waals surface area contributed by atoms with Crippen LogP contribution in [0.25, 0.3) is 0 Å². The number of nitrogens with zero attached hydrogens (tertiary/aromatic N) is 2. The van der Waals surface area contributed by atoms with Gasteiger partial charge in [-0.3, -0.25) is 4.98 Å². The van der Waals surface area contributed by atoms with Gasteiger partial charge in [-0.15, -0.1) is 0 Å². The fourth-order valence-corrected chi connectivity index (χ4v) is 0.940. The summed E-state index contributed by atoms with van der Waals surface area (Å²) in [5.41, 5.74) is 5.24. The Morgan fingerprint density at radius 2 is 2.31 bits per heavy atom. The van der Waals surface area contributed by atoms with E-state index < -0.39 is 6.43 Å². The van der Waals surface area contributed by atoms with E-state index in [2.05, 4.69) is 4.98 Å². The molecule has 0 spiro atoms. The van der Waals surface area contributed by atoms with Crippen LogP contribution in [0.1, 0.15) is 17.7 Å². The van der Waals surface area contributed by atoms with Crippen LogP contribution in [0.2, 0.25) is 0 Å². The standard InChI is InChI=1S/C8H7F2N3/c9-8(10)5-2-4-13-6(1-3-11)7(5)12/h2,4,8H,1,12H2. The molecular formula is C8H7F2N3. The first kappa shape index (κ1) is 9.39. The zero-order valence-corrected chi connectivity index (χ0v) is 6.67. The second-order valence-electron chi connectivity index (χ2n) is 2.40. The van der Waals surface area contributed by atoms with Crippen molar-refractivity contribution in [2.24, 2.45) is 0 Å². The number of nitrogen functional groups attached to an aromatic ring is 1. The first-order valence-electron chi connectivity index (χ1n) is 3.55. The predicted octanol–water partition coefficient (Wildman–Crippen LogP) is 1.67. The van der Waals surface area contributed by atoms with Crippen molar-refractivity contribution in [2.75, 3.05) is 5.73 Å². The molecule has 1 aromatic rings. The third-order valence-electron chi connectivity index (χ3n) is 1.59. The Morgan fingerprint density at radius 3 is 2.85 bits per heavy atom. The Hall–Kier alpha value is -1.70. The molecule has 68 valence electrons. The lowest BCUT2D eigenvalue weighted by Gasteiger charge is -2.06. The average Bonchev–Trinajstić information content (AvgIpc) is 2.08. The van der Waals surface area contributed by atoms with E-state index in [0.717, 1.165) is 6.07 Å². The van der Waals surface area contributed by atoms with Gasteiger partial charge in [-0.05, 0) is 6.07 Å². The van der Waals surface area contributed by atoms with Gasteiger partial charge in [0.05, 0.1) is 23.9 Å². The summed E-state index contributed by atoms with van der Waals surface area (Å²) in [6.07, 6.45) is -1.45. The fourth-order valence-electron chi connectivity index (χ4n) is 0.940. The Kier molecular flexibility index (Phi) is 2.75. The number of nitrogens with two attached hydrogens (primary N) is 1. The summed E-state index contributed by atoms with van der Waals surface area (Å²) in [4.78, 5) is 3.73. The molecule has 1 aromatic heterocycles. The summed E-state index contributed by atoms with van der Waals surface area (Å²) in [7, 11) is 0. The SMILES string of the molecule is N#CCc1nccc(C(F)F)c1N. The molecule has 3 nitrogen and oxygen atoms in total. The smallest absolute Gasteiger partial charge is 0.265 e. The van der Waals surface area contributed by atoms with Crippen LogP contribution in [0.4, 0.5) is 14.5 Å². The largest absolute Gasteiger partial charge is 0.397 e. The number of hydrogen-bond acceptors (Lipinski definition) is 3. The molecule has 0 aliphatic carbocycles. The minimum absolute atomic E-state index is 0.0492. The molecule has 0 aliphatic rings. The van der Waals surface area contributed by atoms with E-state index in [1.165, 1.54) is 6.20 Å². The molecule has 13 heavy (non-hydrogen) atoms. The third kappa shape index (κ3) is 1.90. The Morgan fingerprint density at radius 1 is 1.62 bits per heavy atom. The zero-order valence-electron chi connectivity index (χ0n) is 6.67. The van der Waals surface area contributed by atoms with Crippen molar-refractivity contribution < 1.29 is 8.78 Å². The van der Waals surface area contributed by atoms with Gasteiger partial charge in [-0.2, -0.15) is 5.26 Å². The highest BCUT2D eigenvalue weighted by Crippen LogP contribution is 2.26. The van der Waals surface area contributed by atoms with Gasteiger partial charge < -0.3 is 5.73 Å². The summed E-state index contributed by atoms with van der Waals surface area (Å²) >= 11 is 0. The van der Waals surface area contributed by atoms with E-state index in [0.29, 0.717) is 0 Å². The number of anilines is 1. The molecule has 0 saturated heterocycles. The van der Waals surface area contributed by atoms with Crippen LogP contribution in [-0.4, -0.2) is 4.98 Å². The van der Waals surface area contributed by atoms with Gasteiger partial charge >= 0.3 is 0 Å². The number of nitriles is 1. The lowest BCUT2D eigenvalue weighted by atomic mass is 10.1. The Labute approximate surface area is 73.8 Å². The van der Waals surface area contributed by atoms with Gasteiger partial charge in [0.1, 0.15) is 0 Å². The Bertz CT molecular complexity index is 344. The van der Waals surface area contributed by atoms with Gasteiger partial charge in [0.25, 0.3) is 6.43 Å². The van der Waals surface area contributed by atoms with Crippen molar-refractivity contribution >= 4 is 5.69 Å². The zero-order chi connectivity index (χ0) is 9.84. The van der Waals surface area contributed by atoms with E-state index >= 15 is 0 Å². The van der Waals surface area contributed by atoms with Crippen LogP contribution in [0.15, 0.2) is 12.3 Å². The second-order valence-corrected chi connectivity index (χ2v) is 2.40. The molecule has 1 heterocycles. The normalized spacial score (nSPS) is 10.0. The van der Waals surface area contributed by atoms with Gasteiger partial charge in [-0.25, -0.2) is 8.78 Å². The molecule has 0 aromatic carbocycles. The van der Waals surface area contributed by atoms with Crippen LogP contribution in [0, 0.1) is 11.3 Å². The summed E-state index contributed by atoms with van der Waals surface area (Å²) in [6, 6.07) is 2.96. The van der Waals surface area contributed by atoms with Crippen LogP contribution < -0.4 is 5.73 Å². The maximum absolute atomic E-state index is 12.3. The van der Waals surface area contributed by atoms with Gasteiger partial charge in [0.15, 0.2) is 0 Å². The van der Waals surface area contributed by atoms with Crippen LogP contribution in [0.3, 0.4) is 0 Å². The van der Waals surface area contributed by atoms with E-state index in [1.807, 2.05) is 0 Å². The van der Waals surface area contributed by atoms with Crippen molar-refractivity contribution in [3.8, 4) is 6.07 Å². The molecule has 5 heteroatoms. The molecule has 1 rings (SSSR count). The molecule has 0 fully saturated rings. The lowest BCUT2D eigenvalue weighted by Crippen LogP contribution is -2.02. The van der Waals surface area contributed by atoms with Crippen LogP contribution >= 0.6 is 0 Å². The minimum Gasteiger partial charge on any atom is -0.397 e. The number of halogens is 2. The van der Waals surface area contributed by atoms with Crippen molar-refractivity contribution in [3.05, 3.63) is 23.5 Å². The van der Waals surface area contributed by atoms with Gasteiger partial charge in [0.2, 0.25) is 0 Å². The van der Waals surface area contributed by atoms with Crippen molar-refractivity contribution in [3.63, 3.8) is 0 Å². The molecular weight excluding hydrogens is 176 g/mol. The number of aromatic nitrogens is 1. The molecule has 0 bridgehead atoms. The van der Waals surface area contributed by atoms with Crippen molar-refractivity contribution in [2.45, 2.75) is 12.8 Å². The highest BCUT2D eigenvalue weighted by molar-refractivity contribution is 5.51. The third-order valence-corrected chi connectivity index (χ3v) is 1.59. The predicted molar refractivity (Wildman–Crippen MR) is 42.9 cm³/mol. The van der Waals surface area contributed by atoms with E-state index in [4.69, 9.17) is 11.0 Å². The van der Waals surface area contributed by atoms with E-state index in [-0.39, 0.29) is 23.4 Å². The summed E-state index contributed by atoms with van der Waals surface area (Å²) in [5, 5.41) is 8.34. The molecule has 0 atom stereocenters. The minimum atomic E-state index is -2.62. The topological polar surface area (TPSA) is 62.7 Å². The van der Waals surface area contributed by atoms with Gasteiger partial charge in [-0.1, -0.05) is 0 Å². The number of pyridine rings is 1. The second kappa shape index (κ2) is 3.81. The highest BCUT2D eigenvalue weighted by Gasteiger charge is 2.13. The van der Waals surface area contributed by atoms with E-state index in [1.54, 1.807) is 6.07 Å². The molecule has 0 amide bonds. The monoisotopic (exact) mass is 183 g/mol. The quantitative estimate of drug-likeness (QED) is 0.758. The maximum atomic E-state index is 12.3. The molecule has 0 radical (unpaired) electrons. The van der Waals surface area contributed by atoms with Crippen LogP contribution in [0.5, 0.6) is 0 Å². The first-order chi connectivity index (χ1) is 6.16. The lowest BCUT2D eigenvalue weighted by molar-refractivity contribution is 0.152. The first-order valence-corrected chi connectivity index (χ1v) is 3.55. The molecule has 0 unspecified atom stereocenters. The maximum Gasteiger partial charge on any atom is 0.265 e. The van der Waals surface area contributed by atoms with Crippen LogP contribution in [-0.2, 0) is 6.42 Å². The van der Waals surface area contributed by atoms with E-state index in [9.17, 15) is 8.78 Å². The van der Waals surface area contributed by atoms with Crippen molar-refractivity contribution in [1.82, 2.24) is 4.98 Å². The summed E-state index contributed by atoms with van der Waals surface area (Å²) in [6.45, 7) is 0. The summed E-state index contributed by atoms with van der Waals surface area (Å²) in [5.74, 6) is 0. The fraction of sp³-hybridized carbons (Fsp3) is 0.250. The average molecular weight is 183 g/mol. The summed E-state index contributed by atoms with van der Waals surface area (Å²) < 4.78 is 24.5. The van der Waals surface area contributed by atoms with Gasteiger partial charge in [0, 0.05) is 11.8 Å². The Balaban J connectivity index is 3.12. The highest BCUT2D eigenvalue weighted by atomic mass is 19.3. The molecule has 2 N–H and O–H groups in total. The number of hydrogen-bond donors (Lipinski definition) is 1. The molecule has 0 saturated carbocycles. The number of rotatable bonds is 2. The molecule has 0 aliphatic heterocycles. The number of alkyl halides is 2.